The Labute approximate surface area is 868 Å². The SMILES string of the molecule is CC(=O)[O-].CC(=O)[O-].F[P-](F)(F)(F)(F)F.F[P-](F)(F)(F)(F)F.F[P-](F)(F)(F)(F)F.F[P-](F)(F)(F)(F)F.[Ru+2].[Ru+2].[Ru+2].[Ru+2].c1ccc(-c2cccc(-c3cc(-c4cccc(-c5ccccn5)n4)[n-]n3)n2)nc1.c1ccc(-c2cccc(-c3cc(-c4cccc(-c5ccccn5)n4)[n-]n3)n2)nc1.c1ccncc1.c1ccncc1.c1ccncc1.c1ccncc1.c1ccncc1.c1ccncc1.c1ccncc1.c1ccncc1. The molecule has 0 unspecified atom stereocenters. The van der Waals surface area contributed by atoms with Gasteiger partial charge in [0.15, 0.2) is 0 Å². The van der Waals surface area contributed by atoms with E-state index in [0.717, 1.165) is 82.2 Å². The minimum absolute atomic E-state index is 0. The largest absolute Gasteiger partial charge is 2.00 e. The van der Waals surface area contributed by atoms with E-state index in [2.05, 4.69) is 100 Å². The zero-order chi connectivity index (χ0) is 106. The van der Waals surface area contributed by atoms with Crippen LogP contribution in [0, 0.1) is 0 Å². The van der Waals surface area contributed by atoms with Crippen LogP contribution in [0.2, 0.25) is 0 Å². The Morgan fingerprint density at radius 3 is 0.438 bits per heavy atom. The minimum atomic E-state index is -10.7. The fraction of sp³-hybridized carbons (Fsp3) is 0.0222. The van der Waals surface area contributed by atoms with E-state index >= 15 is 0 Å². The average Bonchev–Trinajstić information content (AvgIpc) is 1.21. The van der Waals surface area contributed by atoms with Crippen molar-refractivity contribution in [3.8, 4) is 91.1 Å². The number of halogens is 24. The molecule has 0 aliphatic rings. The zero-order valence-corrected chi connectivity index (χ0v) is 84.8. The topological polar surface area (TPSA) is 340 Å². The summed E-state index contributed by atoms with van der Waals surface area (Å²) in [7, 11) is -42.6. The predicted octanol–water partition coefficient (Wildman–Crippen LogP) is 28.3. The van der Waals surface area contributed by atoms with Gasteiger partial charge in [-0.1, -0.05) is 108 Å². The molecule has 24 nitrogen and oxygen atoms in total. The van der Waals surface area contributed by atoms with Gasteiger partial charge in [0.2, 0.25) is 0 Å². The molecule has 0 N–H and O–H groups in total. The van der Waals surface area contributed by atoms with Gasteiger partial charge < -0.3 is 40.2 Å². The average molecular weight is 2490 g/mol. The van der Waals surface area contributed by atoms with Gasteiger partial charge in [0.05, 0.1) is 79.7 Å². The number of carbonyl (C=O) groups excluding carboxylic acids is 2. The summed E-state index contributed by atoms with van der Waals surface area (Å²) in [6, 6.07) is 95.7. The standard InChI is InChI=1S/2C23H15N6.8C5H5N.2C2H4O2.4F6P.4Ru/c2*1-3-13-24-16(7-1)18-9-5-11-20(26-18)22-15-23(29-28-22)21-12-6-10-19(27-21)17-8-2-4-14-25-17;8*1-2-4-6-5-3-1;2*1-2(3)4;4*1-7(2,3,4,5)6;;;;/h2*1-15H;8*1-5H;2*1H3,(H,3,4);;;;;;;;/q2*-1;;;;;;;;;;;4*-1;4*+2/p-2. The van der Waals surface area contributed by atoms with Gasteiger partial charge in [0.25, 0.3) is 0 Å². The van der Waals surface area contributed by atoms with Crippen LogP contribution < -0.4 is 20.4 Å². The van der Waals surface area contributed by atoms with Gasteiger partial charge in [-0.2, -0.15) is 0 Å². The van der Waals surface area contributed by atoms with Crippen LogP contribution in [0.25, 0.3) is 91.1 Å². The molecule has 0 atom stereocenters. The molecule has 0 saturated carbocycles. The maximum Gasteiger partial charge on any atom is 2.00 e. The summed E-state index contributed by atoms with van der Waals surface area (Å²) in [6.45, 7) is 1.94. The Morgan fingerprint density at radius 1 is 0.192 bits per heavy atom. The molecular weight excluding hydrogens is 2410 g/mol. The number of carbonyl (C=O) groups is 2. The van der Waals surface area contributed by atoms with E-state index < -0.39 is 43.2 Å². The van der Waals surface area contributed by atoms with E-state index in [9.17, 15) is 101 Å². The van der Waals surface area contributed by atoms with Crippen molar-refractivity contribution in [1.82, 2.24) is 100 Å². The van der Waals surface area contributed by atoms with Crippen molar-refractivity contribution in [1.29, 1.82) is 0 Å². The third kappa shape index (κ3) is 89.2. The van der Waals surface area contributed by atoms with Crippen molar-refractivity contribution in [3.05, 3.63) is 427 Å². The molecule has 146 heavy (non-hydrogen) atoms. The monoisotopic (exact) mass is 2490 g/mol. The third-order valence-electron chi connectivity index (χ3n) is 13.4. The maximum absolute atomic E-state index is 10.7. The van der Waals surface area contributed by atoms with Crippen molar-refractivity contribution in [3.63, 3.8) is 0 Å². The molecule has 18 aromatic rings. The van der Waals surface area contributed by atoms with Crippen molar-refractivity contribution >= 4 is 43.2 Å². The summed E-state index contributed by atoms with van der Waals surface area (Å²) in [5.41, 5.74) is 12.2. The summed E-state index contributed by atoms with van der Waals surface area (Å²) in [6.07, 6.45) is 35.0. The van der Waals surface area contributed by atoms with Crippen LogP contribution >= 0.6 is 31.2 Å². The van der Waals surface area contributed by atoms with E-state index in [0.29, 0.717) is 22.8 Å². The molecule has 0 aliphatic heterocycles. The van der Waals surface area contributed by atoms with Crippen LogP contribution in [-0.2, 0) is 87.5 Å². The molecule has 56 heteroatoms. The Balaban J connectivity index is 0. The Bertz CT molecular complexity index is 5340. The molecule has 18 rings (SSSR count). The molecule has 0 aromatic carbocycles. The molecule has 18 heterocycles. The number of aromatic nitrogens is 20. The van der Waals surface area contributed by atoms with Gasteiger partial charge >= 0.3 is 210 Å². The molecule has 0 spiro atoms. The number of nitrogens with zero attached hydrogens (tertiary/aromatic N) is 20. The number of rotatable bonds is 8. The molecule has 0 amide bonds. The molecule has 0 fully saturated rings. The molecule has 18 aromatic heterocycles. The van der Waals surface area contributed by atoms with E-state index in [-0.39, 0.29) is 77.9 Å². The molecular formula is C90H76F24N20O4P4Ru4. The Morgan fingerprint density at radius 2 is 0.315 bits per heavy atom. The summed E-state index contributed by atoms with van der Waals surface area (Å²) in [5, 5.41) is 35.0. The Hall–Kier alpha value is -13.7. The van der Waals surface area contributed by atoms with Crippen molar-refractivity contribution in [2.24, 2.45) is 0 Å². The van der Waals surface area contributed by atoms with E-state index in [1.807, 2.05) is 303 Å². The van der Waals surface area contributed by atoms with Crippen molar-refractivity contribution in [2.45, 2.75) is 13.8 Å². The van der Waals surface area contributed by atoms with Crippen LogP contribution in [-0.4, -0.2) is 102 Å². The maximum atomic E-state index is 9.87. The van der Waals surface area contributed by atoms with Gasteiger partial charge in [0.1, 0.15) is 0 Å². The third-order valence-corrected chi connectivity index (χ3v) is 13.4. The van der Waals surface area contributed by atoms with Gasteiger partial charge in [-0.25, -0.2) is 19.9 Å². The number of aliphatic carboxylic acids is 2. The minimum Gasteiger partial charge on any atom is -0.573 e. The van der Waals surface area contributed by atoms with Gasteiger partial charge in [-0.15, -0.1) is 0 Å². The first kappa shape index (κ1) is 134. The first-order valence-electron chi connectivity index (χ1n) is 39.0. The van der Waals surface area contributed by atoms with Crippen LogP contribution in [0.15, 0.2) is 427 Å². The van der Waals surface area contributed by atoms with Crippen LogP contribution in [0.1, 0.15) is 13.8 Å². The Kier molecular flexibility index (Phi) is 56.6. The van der Waals surface area contributed by atoms with E-state index in [4.69, 9.17) is 19.8 Å². The zero-order valence-electron chi connectivity index (χ0n) is 74.3. The summed E-state index contributed by atoms with van der Waals surface area (Å²) >= 11 is 0. The number of hydrogen-bond acceptors (Lipinski definition) is 22. The summed E-state index contributed by atoms with van der Waals surface area (Å²) < 4.78 is 237. The van der Waals surface area contributed by atoms with Crippen molar-refractivity contribution < 1.29 is 198 Å². The van der Waals surface area contributed by atoms with Gasteiger partial charge in [-0.05, 0) is 220 Å². The summed E-state index contributed by atoms with van der Waals surface area (Å²) in [5.74, 6) is -2.17. The molecule has 780 valence electrons. The number of carboxylic acid groups (broad SMARTS) is 2. The van der Waals surface area contributed by atoms with Crippen LogP contribution in [0.4, 0.5) is 101 Å². The normalized spacial score (nSPS) is 11.7. The molecule has 0 bridgehead atoms. The first-order chi connectivity index (χ1) is 66.0. The quantitative estimate of drug-likeness (QED) is 0.0774. The van der Waals surface area contributed by atoms with Crippen LogP contribution in [0.5, 0.6) is 0 Å². The second-order valence-electron chi connectivity index (χ2n) is 25.7. The van der Waals surface area contributed by atoms with Crippen LogP contribution in [0.3, 0.4) is 0 Å². The van der Waals surface area contributed by atoms with E-state index in [1.165, 1.54) is 0 Å². The van der Waals surface area contributed by atoms with Crippen molar-refractivity contribution in [2.75, 3.05) is 0 Å². The summed E-state index contributed by atoms with van der Waals surface area (Å²) in [4.78, 5) is 84.3. The smallest absolute Gasteiger partial charge is 0.573 e. The fourth-order valence-corrected chi connectivity index (χ4v) is 8.53. The first-order valence-corrected chi connectivity index (χ1v) is 47.1. The molecule has 0 radical (unpaired) electrons. The second kappa shape index (κ2) is 61.6. The van der Waals surface area contributed by atoms with Gasteiger partial charge in [0, 0.05) is 136 Å². The fourth-order valence-electron chi connectivity index (χ4n) is 8.53. The van der Waals surface area contributed by atoms with Gasteiger partial charge in [-0.3, -0.25) is 59.8 Å². The number of hydrogen-bond donors (Lipinski definition) is 0. The molecule has 0 aliphatic carbocycles. The molecule has 0 saturated heterocycles. The van der Waals surface area contributed by atoms with E-state index in [1.54, 1.807) is 124 Å². The predicted molar refractivity (Wildman–Crippen MR) is 490 cm³/mol. The second-order valence-corrected chi connectivity index (χ2v) is 33.4. The number of carboxylic acids is 2. The number of pyridine rings is 16.